The van der Waals surface area contributed by atoms with Gasteiger partial charge in [0.2, 0.25) is 11.8 Å². The number of amides is 2. The van der Waals surface area contributed by atoms with Crippen LogP contribution in [0, 0.1) is 0 Å². The molecule has 2 aromatic rings. The molecule has 1 aliphatic carbocycles. The van der Waals surface area contributed by atoms with Gasteiger partial charge in [-0.15, -0.1) is 0 Å². The van der Waals surface area contributed by atoms with E-state index in [1.165, 1.54) is 12.8 Å². The zero-order valence-corrected chi connectivity index (χ0v) is 16.8. The van der Waals surface area contributed by atoms with E-state index in [2.05, 4.69) is 4.90 Å². The standard InChI is InChI=1S/C22H28N4O3/c27-20-13-16(14-25(20)17-5-1-2-6-17)22-23-18-7-3-4-8-19(18)26(22)15-21(28)24-9-11-29-12-10-24/h3-4,7-8,16-17H,1-2,5-6,9-15H2. The number of benzene rings is 1. The first-order valence-corrected chi connectivity index (χ1v) is 10.8. The van der Waals surface area contributed by atoms with E-state index in [1.807, 2.05) is 33.7 Å². The third-order valence-electron chi connectivity index (χ3n) is 6.63. The number of nitrogens with zero attached hydrogens (tertiary/aromatic N) is 4. The first-order chi connectivity index (χ1) is 14.2. The largest absolute Gasteiger partial charge is 0.378 e. The minimum absolute atomic E-state index is 0.0491. The summed E-state index contributed by atoms with van der Waals surface area (Å²) in [5.74, 6) is 1.25. The highest BCUT2D eigenvalue weighted by Crippen LogP contribution is 2.35. The van der Waals surface area contributed by atoms with Crippen molar-refractivity contribution >= 4 is 22.8 Å². The molecule has 7 heteroatoms. The fourth-order valence-electron chi connectivity index (χ4n) is 5.09. The van der Waals surface area contributed by atoms with Crippen molar-refractivity contribution in [1.82, 2.24) is 19.4 Å². The summed E-state index contributed by atoms with van der Waals surface area (Å²) in [6.07, 6.45) is 5.15. The zero-order chi connectivity index (χ0) is 19.8. The fraction of sp³-hybridized carbons (Fsp3) is 0.591. The summed E-state index contributed by atoms with van der Waals surface area (Å²) >= 11 is 0. The second-order valence-corrected chi connectivity index (χ2v) is 8.42. The smallest absolute Gasteiger partial charge is 0.242 e. The van der Waals surface area contributed by atoms with Crippen LogP contribution in [0.1, 0.15) is 43.8 Å². The minimum atomic E-state index is 0.0491. The number of hydrogen-bond acceptors (Lipinski definition) is 4. The van der Waals surface area contributed by atoms with Crippen LogP contribution < -0.4 is 0 Å². The van der Waals surface area contributed by atoms with Gasteiger partial charge < -0.3 is 19.1 Å². The van der Waals surface area contributed by atoms with Gasteiger partial charge in [-0.2, -0.15) is 0 Å². The number of rotatable bonds is 4. The number of imidazole rings is 1. The number of carbonyl (C=O) groups is 2. The number of morpholine rings is 1. The lowest BCUT2D eigenvalue weighted by Gasteiger charge is -2.27. The Hall–Kier alpha value is -2.41. The van der Waals surface area contributed by atoms with Crippen molar-refractivity contribution in [3.8, 4) is 0 Å². The molecule has 2 saturated heterocycles. The van der Waals surface area contributed by atoms with Gasteiger partial charge in [0.15, 0.2) is 0 Å². The molecule has 1 unspecified atom stereocenters. The number of likely N-dealkylation sites (tertiary alicyclic amines) is 1. The Balaban J connectivity index is 1.43. The number of para-hydroxylation sites is 2. The number of ether oxygens (including phenoxy) is 1. The van der Waals surface area contributed by atoms with Crippen LogP contribution in [-0.4, -0.2) is 70.1 Å². The molecule has 0 N–H and O–H groups in total. The van der Waals surface area contributed by atoms with Crippen molar-refractivity contribution in [2.24, 2.45) is 0 Å². The summed E-state index contributed by atoms with van der Waals surface area (Å²) in [5.41, 5.74) is 1.86. The van der Waals surface area contributed by atoms with Crippen LogP contribution in [-0.2, 0) is 20.9 Å². The summed E-state index contributed by atoms with van der Waals surface area (Å²) in [6, 6.07) is 8.34. The lowest BCUT2D eigenvalue weighted by molar-refractivity contribution is -0.135. The Labute approximate surface area is 170 Å². The number of carbonyl (C=O) groups excluding carboxylic acids is 2. The van der Waals surface area contributed by atoms with Crippen molar-refractivity contribution < 1.29 is 14.3 Å². The molecule has 2 aliphatic heterocycles. The van der Waals surface area contributed by atoms with E-state index < -0.39 is 0 Å². The highest BCUT2D eigenvalue weighted by Gasteiger charge is 2.38. The van der Waals surface area contributed by atoms with E-state index in [1.54, 1.807) is 0 Å². The average Bonchev–Trinajstić information content (AvgIpc) is 3.48. The molecule has 0 spiro atoms. The molecule has 0 radical (unpaired) electrons. The van der Waals surface area contributed by atoms with E-state index >= 15 is 0 Å². The summed E-state index contributed by atoms with van der Waals surface area (Å²) < 4.78 is 7.42. The molecular weight excluding hydrogens is 368 g/mol. The van der Waals surface area contributed by atoms with Crippen LogP contribution in [0.4, 0.5) is 0 Å². The monoisotopic (exact) mass is 396 g/mol. The Bertz CT molecular complexity index is 912. The second kappa shape index (κ2) is 7.78. The molecule has 3 fully saturated rings. The summed E-state index contributed by atoms with van der Waals surface area (Å²) in [4.78, 5) is 34.5. The van der Waals surface area contributed by atoms with Crippen LogP contribution in [0.2, 0.25) is 0 Å². The quantitative estimate of drug-likeness (QED) is 0.794. The summed E-state index contributed by atoms with van der Waals surface area (Å²) in [6.45, 7) is 3.45. The summed E-state index contributed by atoms with van der Waals surface area (Å²) in [5, 5.41) is 0. The van der Waals surface area contributed by atoms with E-state index in [9.17, 15) is 9.59 Å². The van der Waals surface area contributed by atoms with Gasteiger partial charge in [-0.05, 0) is 25.0 Å². The molecule has 1 aromatic heterocycles. The van der Waals surface area contributed by atoms with Crippen LogP contribution in [0.3, 0.4) is 0 Å². The van der Waals surface area contributed by atoms with Gasteiger partial charge in [-0.1, -0.05) is 25.0 Å². The van der Waals surface area contributed by atoms with Crippen molar-refractivity contribution in [3.63, 3.8) is 0 Å². The SMILES string of the molecule is O=C(Cn1c(C2CC(=O)N(C3CCCC3)C2)nc2ccccc21)N1CCOCC1. The normalized spacial score (nSPS) is 23.4. The Kier molecular flexibility index (Phi) is 4.99. The van der Waals surface area contributed by atoms with Gasteiger partial charge >= 0.3 is 0 Å². The van der Waals surface area contributed by atoms with Gasteiger partial charge in [0.05, 0.1) is 24.2 Å². The van der Waals surface area contributed by atoms with Crippen LogP contribution in [0.5, 0.6) is 0 Å². The van der Waals surface area contributed by atoms with Crippen LogP contribution in [0.15, 0.2) is 24.3 Å². The molecule has 3 aliphatic rings. The van der Waals surface area contributed by atoms with Gasteiger partial charge in [0.25, 0.3) is 0 Å². The predicted octanol–water partition coefficient (Wildman–Crippen LogP) is 2.15. The molecule has 7 nitrogen and oxygen atoms in total. The lowest BCUT2D eigenvalue weighted by Crippen LogP contribution is -2.42. The Morgan fingerprint density at radius 3 is 2.69 bits per heavy atom. The van der Waals surface area contributed by atoms with Gasteiger partial charge in [0, 0.05) is 38.0 Å². The number of hydrogen-bond donors (Lipinski definition) is 0. The van der Waals surface area contributed by atoms with E-state index in [0.29, 0.717) is 38.8 Å². The Morgan fingerprint density at radius 2 is 1.90 bits per heavy atom. The maximum absolute atomic E-state index is 13.0. The molecule has 3 heterocycles. The zero-order valence-electron chi connectivity index (χ0n) is 16.8. The number of fused-ring (bicyclic) bond motifs is 1. The predicted molar refractivity (Wildman–Crippen MR) is 108 cm³/mol. The average molecular weight is 396 g/mol. The first-order valence-electron chi connectivity index (χ1n) is 10.8. The molecule has 29 heavy (non-hydrogen) atoms. The van der Waals surface area contributed by atoms with Crippen molar-refractivity contribution in [3.05, 3.63) is 30.1 Å². The molecule has 1 aromatic carbocycles. The lowest BCUT2D eigenvalue weighted by atomic mass is 10.1. The highest BCUT2D eigenvalue weighted by atomic mass is 16.5. The molecule has 2 amide bonds. The first kappa shape index (κ1) is 18.6. The molecule has 0 bridgehead atoms. The third kappa shape index (κ3) is 3.52. The maximum Gasteiger partial charge on any atom is 0.242 e. The molecular formula is C22H28N4O3. The van der Waals surface area contributed by atoms with Crippen molar-refractivity contribution in [1.29, 1.82) is 0 Å². The fourth-order valence-corrected chi connectivity index (χ4v) is 5.09. The Morgan fingerprint density at radius 1 is 1.14 bits per heavy atom. The third-order valence-corrected chi connectivity index (χ3v) is 6.63. The maximum atomic E-state index is 13.0. The van der Waals surface area contributed by atoms with E-state index in [-0.39, 0.29) is 24.3 Å². The van der Waals surface area contributed by atoms with Gasteiger partial charge in [-0.25, -0.2) is 4.98 Å². The molecule has 1 saturated carbocycles. The molecule has 1 atom stereocenters. The van der Waals surface area contributed by atoms with Gasteiger partial charge in [-0.3, -0.25) is 9.59 Å². The minimum Gasteiger partial charge on any atom is -0.378 e. The molecule has 5 rings (SSSR count). The van der Waals surface area contributed by atoms with Crippen LogP contribution in [0.25, 0.3) is 11.0 Å². The van der Waals surface area contributed by atoms with Crippen molar-refractivity contribution in [2.45, 2.75) is 50.6 Å². The van der Waals surface area contributed by atoms with E-state index in [0.717, 1.165) is 36.2 Å². The van der Waals surface area contributed by atoms with E-state index in [4.69, 9.17) is 9.72 Å². The summed E-state index contributed by atoms with van der Waals surface area (Å²) in [7, 11) is 0. The molecule has 154 valence electrons. The highest BCUT2D eigenvalue weighted by molar-refractivity contribution is 5.83. The number of aromatic nitrogens is 2. The van der Waals surface area contributed by atoms with Gasteiger partial charge in [0.1, 0.15) is 12.4 Å². The van der Waals surface area contributed by atoms with Crippen molar-refractivity contribution in [2.75, 3.05) is 32.8 Å². The van der Waals surface area contributed by atoms with Crippen LogP contribution >= 0.6 is 0 Å². The topological polar surface area (TPSA) is 67.7 Å². The second-order valence-electron chi connectivity index (χ2n) is 8.42.